The Morgan fingerprint density at radius 1 is 0.929 bits per heavy atom. The van der Waals surface area contributed by atoms with Crippen LogP contribution in [0.25, 0.3) is 0 Å². The van der Waals surface area contributed by atoms with E-state index in [0.717, 1.165) is 0 Å². The molecular weight excluding hydrogens is 168 g/mol. The molecule has 80 valence electrons. The Hall–Kier alpha value is -0.780. The van der Waals surface area contributed by atoms with Crippen LogP contribution in [-0.4, -0.2) is 0 Å². The Morgan fingerprint density at radius 3 is 1.36 bits per heavy atom. The summed E-state index contributed by atoms with van der Waals surface area (Å²) in [5, 5.41) is 0. The standard InChI is InChI=1S/C8H10.C6H14/c1-7-5-3-4-6-8(7)2;1-5-6(2,3)4/h3-6H,1-2H3;5H2,1-4H3. The maximum atomic E-state index is 2.24. The van der Waals surface area contributed by atoms with Gasteiger partial charge in [-0.15, -0.1) is 0 Å². The summed E-state index contributed by atoms with van der Waals surface area (Å²) in [6.07, 6.45) is 1.27. The summed E-state index contributed by atoms with van der Waals surface area (Å²) < 4.78 is 0. The van der Waals surface area contributed by atoms with Gasteiger partial charge in [-0.3, -0.25) is 0 Å². The predicted molar refractivity (Wildman–Crippen MR) is 65.7 cm³/mol. The van der Waals surface area contributed by atoms with E-state index < -0.39 is 0 Å². The molecule has 1 aromatic rings. The monoisotopic (exact) mass is 192 g/mol. The topological polar surface area (TPSA) is 0 Å². The van der Waals surface area contributed by atoms with Crippen LogP contribution in [0.4, 0.5) is 0 Å². The molecule has 0 nitrogen and oxygen atoms in total. The smallest absolute Gasteiger partial charge is 0.0385 e. The van der Waals surface area contributed by atoms with Gasteiger partial charge in [0.15, 0.2) is 0 Å². The van der Waals surface area contributed by atoms with Crippen LogP contribution >= 0.6 is 0 Å². The van der Waals surface area contributed by atoms with Crippen LogP contribution in [-0.2, 0) is 0 Å². The van der Waals surface area contributed by atoms with Crippen LogP contribution in [0.2, 0.25) is 0 Å². The number of aryl methyl sites for hydroxylation is 2. The zero-order valence-corrected chi connectivity index (χ0v) is 10.5. The van der Waals surface area contributed by atoms with E-state index in [1.54, 1.807) is 0 Å². The van der Waals surface area contributed by atoms with Crippen molar-refractivity contribution in [2.24, 2.45) is 5.41 Å². The van der Waals surface area contributed by atoms with Crippen molar-refractivity contribution in [2.45, 2.75) is 48.0 Å². The fourth-order valence-electron chi connectivity index (χ4n) is 0.663. The van der Waals surface area contributed by atoms with Gasteiger partial charge in [0.2, 0.25) is 0 Å². The maximum Gasteiger partial charge on any atom is -0.0385 e. The van der Waals surface area contributed by atoms with Gasteiger partial charge in [0, 0.05) is 0 Å². The summed E-state index contributed by atoms with van der Waals surface area (Å²) in [6, 6.07) is 8.36. The third-order valence-corrected chi connectivity index (χ3v) is 2.49. The second kappa shape index (κ2) is 5.85. The maximum absolute atomic E-state index is 2.24. The van der Waals surface area contributed by atoms with Crippen molar-refractivity contribution in [3.05, 3.63) is 35.4 Å². The fraction of sp³-hybridized carbons (Fsp3) is 0.571. The molecule has 0 heterocycles. The molecule has 0 spiro atoms. The highest BCUT2D eigenvalue weighted by atomic mass is 14.1. The molecule has 0 saturated carbocycles. The summed E-state index contributed by atoms with van der Waals surface area (Å²) >= 11 is 0. The fourth-order valence-corrected chi connectivity index (χ4v) is 0.663. The SMILES string of the molecule is CCC(C)(C)C.Cc1ccccc1C. The molecule has 1 aromatic carbocycles. The molecule has 0 N–H and O–H groups in total. The van der Waals surface area contributed by atoms with Crippen molar-refractivity contribution in [2.75, 3.05) is 0 Å². The molecule has 0 atom stereocenters. The second-order valence-electron chi connectivity index (χ2n) is 5.00. The normalized spacial score (nSPS) is 10.4. The van der Waals surface area contributed by atoms with Gasteiger partial charge in [0.25, 0.3) is 0 Å². The minimum atomic E-state index is 0.542. The van der Waals surface area contributed by atoms with Crippen LogP contribution in [0.1, 0.15) is 45.2 Å². The molecule has 0 saturated heterocycles. The first-order valence-corrected chi connectivity index (χ1v) is 5.39. The molecule has 0 bridgehead atoms. The van der Waals surface area contributed by atoms with Gasteiger partial charge in [0.05, 0.1) is 0 Å². The van der Waals surface area contributed by atoms with Crippen molar-refractivity contribution < 1.29 is 0 Å². The average Bonchev–Trinajstić information content (AvgIpc) is 2.10. The number of hydrogen-bond acceptors (Lipinski definition) is 0. The minimum Gasteiger partial charge on any atom is -0.0649 e. The van der Waals surface area contributed by atoms with Gasteiger partial charge < -0.3 is 0 Å². The molecule has 0 amide bonds. The first-order valence-electron chi connectivity index (χ1n) is 5.39. The molecule has 1 rings (SSSR count). The lowest BCUT2D eigenvalue weighted by atomic mass is 9.94. The lowest BCUT2D eigenvalue weighted by Crippen LogP contribution is -2.00. The highest BCUT2D eigenvalue weighted by Gasteiger charge is 2.03. The van der Waals surface area contributed by atoms with Crippen LogP contribution in [0.3, 0.4) is 0 Å². The van der Waals surface area contributed by atoms with E-state index in [-0.39, 0.29) is 0 Å². The van der Waals surface area contributed by atoms with Crippen LogP contribution in [0, 0.1) is 19.3 Å². The van der Waals surface area contributed by atoms with Gasteiger partial charge in [0.1, 0.15) is 0 Å². The van der Waals surface area contributed by atoms with Gasteiger partial charge >= 0.3 is 0 Å². The zero-order chi connectivity index (χ0) is 11.2. The van der Waals surface area contributed by atoms with Gasteiger partial charge in [-0.2, -0.15) is 0 Å². The van der Waals surface area contributed by atoms with Gasteiger partial charge in [-0.05, 0) is 30.4 Å². The third kappa shape index (κ3) is 6.71. The van der Waals surface area contributed by atoms with E-state index in [2.05, 4.69) is 65.8 Å². The van der Waals surface area contributed by atoms with Crippen LogP contribution in [0.15, 0.2) is 24.3 Å². The summed E-state index contributed by atoms with van der Waals surface area (Å²) in [5.41, 5.74) is 3.28. The Bertz CT molecular complexity index is 232. The molecule has 0 aliphatic carbocycles. The molecule has 0 radical (unpaired) electrons. The Morgan fingerprint density at radius 2 is 1.21 bits per heavy atom. The molecule has 0 heteroatoms. The molecular formula is C14H24. The number of benzene rings is 1. The summed E-state index contributed by atoms with van der Waals surface area (Å²) in [4.78, 5) is 0. The molecule has 14 heavy (non-hydrogen) atoms. The largest absolute Gasteiger partial charge is 0.0649 e. The average molecular weight is 192 g/mol. The lowest BCUT2D eigenvalue weighted by Gasteiger charge is -2.12. The molecule has 0 fully saturated rings. The highest BCUT2D eigenvalue weighted by Crippen LogP contribution is 2.16. The predicted octanol–water partition coefficient (Wildman–Crippen LogP) is 4.75. The Labute approximate surface area is 89.4 Å². The van der Waals surface area contributed by atoms with Gasteiger partial charge in [-0.1, -0.05) is 58.4 Å². The van der Waals surface area contributed by atoms with E-state index in [1.807, 2.05) is 0 Å². The van der Waals surface area contributed by atoms with Crippen molar-refractivity contribution >= 4 is 0 Å². The third-order valence-electron chi connectivity index (χ3n) is 2.49. The van der Waals surface area contributed by atoms with E-state index >= 15 is 0 Å². The van der Waals surface area contributed by atoms with Crippen LogP contribution < -0.4 is 0 Å². The first kappa shape index (κ1) is 13.2. The Balaban J connectivity index is 0.000000255. The summed E-state index contributed by atoms with van der Waals surface area (Å²) in [5.74, 6) is 0. The Kier molecular flexibility index (Phi) is 5.52. The summed E-state index contributed by atoms with van der Waals surface area (Å²) in [6.45, 7) is 13.2. The molecule has 0 aromatic heterocycles. The molecule has 0 aliphatic rings. The van der Waals surface area contributed by atoms with Crippen molar-refractivity contribution in [3.8, 4) is 0 Å². The summed E-state index contributed by atoms with van der Waals surface area (Å²) in [7, 11) is 0. The van der Waals surface area contributed by atoms with Crippen LogP contribution in [0.5, 0.6) is 0 Å². The lowest BCUT2D eigenvalue weighted by molar-refractivity contribution is 0.398. The van der Waals surface area contributed by atoms with Crippen molar-refractivity contribution in [1.29, 1.82) is 0 Å². The molecule has 0 unspecified atom stereocenters. The van der Waals surface area contributed by atoms with Crippen molar-refractivity contribution in [1.82, 2.24) is 0 Å². The van der Waals surface area contributed by atoms with E-state index in [1.165, 1.54) is 17.5 Å². The zero-order valence-electron chi connectivity index (χ0n) is 10.5. The first-order chi connectivity index (χ1) is 6.37. The minimum absolute atomic E-state index is 0.542. The van der Waals surface area contributed by atoms with Gasteiger partial charge in [-0.25, -0.2) is 0 Å². The van der Waals surface area contributed by atoms with Crippen molar-refractivity contribution in [3.63, 3.8) is 0 Å². The van der Waals surface area contributed by atoms with E-state index in [4.69, 9.17) is 0 Å². The number of rotatable bonds is 0. The molecule has 0 aliphatic heterocycles. The van der Waals surface area contributed by atoms with E-state index in [0.29, 0.717) is 5.41 Å². The van der Waals surface area contributed by atoms with E-state index in [9.17, 15) is 0 Å². The highest BCUT2D eigenvalue weighted by molar-refractivity contribution is 5.23. The quantitative estimate of drug-likeness (QED) is 0.556. The number of hydrogen-bond donors (Lipinski definition) is 0. The second-order valence-corrected chi connectivity index (χ2v) is 5.00.